The van der Waals surface area contributed by atoms with Crippen molar-refractivity contribution in [3.8, 4) is 5.75 Å². The maximum atomic E-state index is 13.7. The van der Waals surface area contributed by atoms with E-state index in [4.69, 9.17) is 15.0 Å². The summed E-state index contributed by atoms with van der Waals surface area (Å²) in [6.45, 7) is 1.91. The average Bonchev–Trinajstić information content (AvgIpc) is 2.77. The van der Waals surface area contributed by atoms with Gasteiger partial charge in [-0.3, -0.25) is 5.84 Å². The zero-order valence-corrected chi connectivity index (χ0v) is 10.2. The molecule has 0 aliphatic rings. The molecule has 0 fully saturated rings. The minimum atomic E-state index is -0.431. The molecule has 1 heterocycles. The summed E-state index contributed by atoms with van der Waals surface area (Å²) < 4.78 is 23.9. The average molecular weight is 250 g/mol. The molecule has 96 valence electrons. The number of ether oxygens (including phenoxy) is 1. The molecule has 1 aromatic heterocycles. The van der Waals surface area contributed by atoms with Crippen molar-refractivity contribution in [2.24, 2.45) is 5.84 Å². The molecule has 1 unspecified atom stereocenters. The Labute approximate surface area is 105 Å². The van der Waals surface area contributed by atoms with Crippen molar-refractivity contribution in [2.45, 2.75) is 13.0 Å². The molecule has 0 aliphatic heterocycles. The number of halogens is 1. The van der Waals surface area contributed by atoms with Gasteiger partial charge in [0, 0.05) is 0 Å². The largest absolute Gasteiger partial charge is 0.494 e. The van der Waals surface area contributed by atoms with Gasteiger partial charge in [-0.25, -0.2) is 9.82 Å². The fourth-order valence-electron chi connectivity index (χ4n) is 1.87. The van der Waals surface area contributed by atoms with Gasteiger partial charge in [-0.15, -0.1) is 0 Å². The van der Waals surface area contributed by atoms with Crippen molar-refractivity contribution >= 4 is 0 Å². The van der Waals surface area contributed by atoms with E-state index < -0.39 is 5.82 Å². The topological polar surface area (TPSA) is 60.4 Å². The number of hydrogen-bond donors (Lipinski definition) is 2. The van der Waals surface area contributed by atoms with E-state index in [9.17, 15) is 4.39 Å². The Balaban J connectivity index is 2.40. The van der Waals surface area contributed by atoms with E-state index in [2.05, 4.69) is 5.43 Å². The molecule has 1 aromatic carbocycles. The fourth-order valence-corrected chi connectivity index (χ4v) is 1.87. The fraction of sp³-hybridized carbons (Fsp3) is 0.231. The van der Waals surface area contributed by atoms with E-state index in [-0.39, 0.29) is 11.8 Å². The van der Waals surface area contributed by atoms with E-state index in [0.29, 0.717) is 11.3 Å². The van der Waals surface area contributed by atoms with Crippen molar-refractivity contribution in [2.75, 3.05) is 7.11 Å². The first-order chi connectivity index (χ1) is 8.67. The number of benzene rings is 1. The van der Waals surface area contributed by atoms with Crippen molar-refractivity contribution in [3.05, 3.63) is 53.2 Å². The normalized spacial score (nSPS) is 12.4. The predicted octanol–water partition coefficient (Wildman–Crippen LogP) is 2.29. The highest BCUT2D eigenvalue weighted by molar-refractivity contribution is 5.35. The van der Waals surface area contributed by atoms with E-state index in [0.717, 1.165) is 5.56 Å². The minimum Gasteiger partial charge on any atom is -0.494 e. The van der Waals surface area contributed by atoms with Crippen molar-refractivity contribution in [1.29, 1.82) is 0 Å². The third-order valence-electron chi connectivity index (χ3n) is 2.84. The van der Waals surface area contributed by atoms with Crippen molar-refractivity contribution in [3.63, 3.8) is 0 Å². The van der Waals surface area contributed by atoms with Gasteiger partial charge in [-0.05, 0) is 36.2 Å². The highest BCUT2D eigenvalue weighted by Gasteiger charge is 2.19. The lowest BCUT2D eigenvalue weighted by molar-refractivity contribution is 0.385. The van der Waals surface area contributed by atoms with Gasteiger partial charge >= 0.3 is 0 Å². The van der Waals surface area contributed by atoms with Crippen LogP contribution in [0.4, 0.5) is 4.39 Å². The monoisotopic (exact) mass is 250 g/mol. The van der Waals surface area contributed by atoms with Crippen LogP contribution in [0.1, 0.15) is 22.9 Å². The molecule has 0 saturated heterocycles. The zero-order valence-electron chi connectivity index (χ0n) is 10.2. The van der Waals surface area contributed by atoms with Crippen molar-refractivity contribution in [1.82, 2.24) is 5.43 Å². The number of furan rings is 1. The number of methoxy groups -OCH3 is 1. The first-order valence-electron chi connectivity index (χ1n) is 5.51. The quantitative estimate of drug-likeness (QED) is 0.645. The Hall–Kier alpha value is -1.85. The maximum absolute atomic E-state index is 13.7. The Morgan fingerprint density at radius 2 is 2.17 bits per heavy atom. The van der Waals surface area contributed by atoms with Gasteiger partial charge in [0.05, 0.1) is 13.4 Å². The summed E-state index contributed by atoms with van der Waals surface area (Å²) in [6.07, 6.45) is 1.58. The summed E-state index contributed by atoms with van der Waals surface area (Å²) in [4.78, 5) is 0. The molecule has 0 spiro atoms. The molecule has 0 radical (unpaired) electrons. The van der Waals surface area contributed by atoms with Crippen LogP contribution < -0.4 is 16.0 Å². The number of nitrogens with two attached hydrogens (primary N) is 1. The number of rotatable bonds is 4. The molecule has 1 atom stereocenters. The molecule has 2 rings (SSSR count). The number of nitrogens with one attached hydrogen (secondary N) is 1. The maximum Gasteiger partial charge on any atom is 0.165 e. The second kappa shape index (κ2) is 5.20. The molecule has 5 heteroatoms. The molecular formula is C13H15FN2O2. The van der Waals surface area contributed by atoms with Gasteiger partial charge in [-0.2, -0.15) is 0 Å². The Kier molecular flexibility index (Phi) is 3.64. The molecule has 0 bridgehead atoms. The SMILES string of the molecule is COc1ccc(C(NN)c2occc2C)cc1F. The summed E-state index contributed by atoms with van der Waals surface area (Å²) in [5, 5.41) is 0. The van der Waals surface area contributed by atoms with Crippen LogP contribution in [0.15, 0.2) is 34.9 Å². The standard InChI is InChI=1S/C13H15FN2O2/c1-8-5-6-18-13(8)12(16-15)9-3-4-11(17-2)10(14)7-9/h3-7,12,16H,15H2,1-2H3. The van der Waals surface area contributed by atoms with Gasteiger partial charge in [0.25, 0.3) is 0 Å². The zero-order chi connectivity index (χ0) is 13.1. The summed E-state index contributed by atoms with van der Waals surface area (Å²) in [5.41, 5.74) is 4.25. The molecule has 0 aliphatic carbocycles. The smallest absolute Gasteiger partial charge is 0.165 e. The lowest BCUT2D eigenvalue weighted by Gasteiger charge is -2.15. The van der Waals surface area contributed by atoms with Crippen molar-refractivity contribution < 1.29 is 13.5 Å². The van der Waals surface area contributed by atoms with Crippen LogP contribution in [0.3, 0.4) is 0 Å². The van der Waals surface area contributed by atoms with Gasteiger partial charge in [0.1, 0.15) is 11.8 Å². The first kappa shape index (κ1) is 12.6. The summed E-state index contributed by atoms with van der Waals surface area (Å²) >= 11 is 0. The van der Waals surface area contributed by atoms with Gasteiger partial charge in [0.2, 0.25) is 0 Å². The van der Waals surface area contributed by atoms with Crippen LogP contribution in [0.25, 0.3) is 0 Å². The third kappa shape index (κ3) is 2.23. The minimum absolute atomic E-state index is 0.200. The molecule has 4 nitrogen and oxygen atoms in total. The van der Waals surface area contributed by atoms with Gasteiger partial charge in [-0.1, -0.05) is 6.07 Å². The van der Waals surface area contributed by atoms with Gasteiger partial charge in [0.15, 0.2) is 11.6 Å². The molecule has 3 N–H and O–H groups in total. The highest BCUT2D eigenvalue weighted by atomic mass is 19.1. The molecule has 2 aromatic rings. The molecule has 0 amide bonds. The van der Waals surface area contributed by atoms with Crippen LogP contribution in [-0.4, -0.2) is 7.11 Å². The van der Waals surface area contributed by atoms with Crippen LogP contribution in [0.2, 0.25) is 0 Å². The lowest BCUT2D eigenvalue weighted by Crippen LogP contribution is -2.29. The van der Waals surface area contributed by atoms with Gasteiger partial charge < -0.3 is 9.15 Å². The Morgan fingerprint density at radius 3 is 2.67 bits per heavy atom. The number of aryl methyl sites for hydroxylation is 1. The highest BCUT2D eigenvalue weighted by Crippen LogP contribution is 2.28. The predicted molar refractivity (Wildman–Crippen MR) is 65.6 cm³/mol. The lowest BCUT2D eigenvalue weighted by atomic mass is 10.0. The van der Waals surface area contributed by atoms with Crippen LogP contribution in [-0.2, 0) is 0 Å². The summed E-state index contributed by atoms with van der Waals surface area (Å²) in [7, 11) is 1.42. The van der Waals surface area contributed by atoms with E-state index in [1.54, 1.807) is 18.4 Å². The van der Waals surface area contributed by atoms with Crippen LogP contribution in [0, 0.1) is 12.7 Å². The third-order valence-corrected chi connectivity index (χ3v) is 2.84. The number of hydrazine groups is 1. The first-order valence-corrected chi connectivity index (χ1v) is 5.51. The van der Waals surface area contributed by atoms with E-state index in [1.807, 2.05) is 13.0 Å². The summed E-state index contributed by atoms with van der Waals surface area (Å²) in [5.74, 6) is 5.96. The van der Waals surface area contributed by atoms with E-state index in [1.165, 1.54) is 13.2 Å². The molecule has 18 heavy (non-hydrogen) atoms. The Bertz CT molecular complexity index is 540. The number of hydrogen-bond acceptors (Lipinski definition) is 4. The summed E-state index contributed by atoms with van der Waals surface area (Å²) in [6, 6.07) is 6.13. The molecular weight excluding hydrogens is 235 g/mol. The van der Waals surface area contributed by atoms with Crippen LogP contribution in [0.5, 0.6) is 5.75 Å². The second-order valence-corrected chi connectivity index (χ2v) is 3.96. The second-order valence-electron chi connectivity index (χ2n) is 3.96. The van der Waals surface area contributed by atoms with Crippen LogP contribution >= 0.6 is 0 Å². The Morgan fingerprint density at radius 1 is 1.39 bits per heavy atom. The van der Waals surface area contributed by atoms with E-state index >= 15 is 0 Å². The molecule has 0 saturated carbocycles.